The van der Waals surface area contributed by atoms with Gasteiger partial charge in [-0.25, -0.2) is 0 Å². The van der Waals surface area contributed by atoms with Crippen molar-refractivity contribution in [1.82, 2.24) is 4.98 Å². The van der Waals surface area contributed by atoms with Crippen molar-refractivity contribution in [3.63, 3.8) is 0 Å². The monoisotopic (exact) mass is 519 g/mol. The van der Waals surface area contributed by atoms with Gasteiger partial charge in [0.25, 0.3) is 0 Å². The van der Waals surface area contributed by atoms with Crippen LogP contribution < -0.4 is 4.74 Å². The zero-order valence-corrected chi connectivity index (χ0v) is 22.1. The Hall–Kier alpha value is -2.61. The van der Waals surface area contributed by atoms with Crippen LogP contribution in [-0.2, 0) is 22.4 Å². The standard InChI is InChI=1S/C28H32F3NO3S/c1-6-18-9-11-20(21(7-2)32-18)23-14-17-8-10-19(15-22(17)36-23)34-24-12-13-25(35-26(33)16(3)4)27(24,5)28(29,30)31/h8-11,14-16,24-25H,6-7,12-13H2,1-5H3. The van der Waals surface area contributed by atoms with Crippen molar-refractivity contribution in [2.75, 3.05) is 0 Å². The van der Waals surface area contributed by atoms with Gasteiger partial charge in [-0.3, -0.25) is 9.78 Å². The molecule has 1 aliphatic carbocycles. The Kier molecular flexibility index (Phi) is 7.37. The van der Waals surface area contributed by atoms with Gasteiger partial charge < -0.3 is 9.47 Å². The lowest BCUT2D eigenvalue weighted by Gasteiger charge is -2.37. The van der Waals surface area contributed by atoms with E-state index in [9.17, 15) is 18.0 Å². The van der Waals surface area contributed by atoms with Gasteiger partial charge in [0.05, 0.1) is 5.92 Å². The van der Waals surface area contributed by atoms with Crippen molar-refractivity contribution in [2.45, 2.75) is 78.7 Å². The van der Waals surface area contributed by atoms with Crippen molar-refractivity contribution in [2.24, 2.45) is 11.3 Å². The van der Waals surface area contributed by atoms with E-state index in [0.717, 1.165) is 51.7 Å². The lowest BCUT2D eigenvalue weighted by molar-refractivity contribution is -0.264. The number of halogens is 3. The fourth-order valence-electron chi connectivity index (χ4n) is 4.73. The molecule has 0 amide bonds. The second-order valence-electron chi connectivity index (χ2n) is 9.86. The highest BCUT2D eigenvalue weighted by Gasteiger charge is 2.66. The Morgan fingerprint density at radius 2 is 1.83 bits per heavy atom. The van der Waals surface area contributed by atoms with E-state index in [4.69, 9.17) is 14.5 Å². The number of thiophene rings is 1. The highest BCUT2D eigenvalue weighted by atomic mass is 32.1. The van der Waals surface area contributed by atoms with Crippen LogP contribution >= 0.6 is 11.3 Å². The molecule has 0 aliphatic heterocycles. The molecule has 0 N–H and O–H groups in total. The summed E-state index contributed by atoms with van der Waals surface area (Å²) in [5.74, 6) is -0.751. The number of ether oxygens (including phenoxy) is 2. The maximum atomic E-state index is 14.3. The average Bonchev–Trinajstić information content (AvgIpc) is 3.40. The Morgan fingerprint density at radius 1 is 1.11 bits per heavy atom. The van der Waals surface area contributed by atoms with Crippen LogP contribution in [0.15, 0.2) is 36.4 Å². The summed E-state index contributed by atoms with van der Waals surface area (Å²) < 4.78 is 55.1. The first-order valence-electron chi connectivity index (χ1n) is 12.4. The van der Waals surface area contributed by atoms with Gasteiger partial charge in [0.2, 0.25) is 0 Å². The molecule has 2 aromatic heterocycles. The zero-order chi connectivity index (χ0) is 26.3. The van der Waals surface area contributed by atoms with Gasteiger partial charge in [-0.15, -0.1) is 11.3 Å². The molecule has 1 aliphatic rings. The predicted octanol–water partition coefficient (Wildman–Crippen LogP) is 7.77. The molecule has 0 bridgehead atoms. The van der Waals surface area contributed by atoms with Gasteiger partial charge in [-0.2, -0.15) is 13.2 Å². The topological polar surface area (TPSA) is 48.4 Å². The number of hydrogen-bond donors (Lipinski definition) is 0. The van der Waals surface area contributed by atoms with Gasteiger partial charge >= 0.3 is 12.1 Å². The van der Waals surface area contributed by atoms with E-state index in [1.807, 2.05) is 12.1 Å². The summed E-state index contributed by atoms with van der Waals surface area (Å²) in [4.78, 5) is 17.9. The first-order chi connectivity index (χ1) is 17.0. The summed E-state index contributed by atoms with van der Waals surface area (Å²) in [5, 5.41) is 0.998. The molecular weight excluding hydrogens is 487 g/mol. The molecule has 4 nitrogen and oxygen atoms in total. The molecular formula is C28H32F3NO3S. The molecule has 4 rings (SSSR count). The number of esters is 1. The Balaban J connectivity index is 1.62. The van der Waals surface area contributed by atoms with E-state index in [1.165, 1.54) is 0 Å². The third-order valence-corrected chi connectivity index (χ3v) is 8.26. The number of fused-ring (bicyclic) bond motifs is 1. The lowest BCUT2D eigenvalue weighted by atomic mass is 9.83. The summed E-state index contributed by atoms with van der Waals surface area (Å²) in [6.07, 6.45) is -5.09. The number of pyridine rings is 1. The van der Waals surface area contributed by atoms with Crippen LogP contribution in [0.4, 0.5) is 13.2 Å². The molecule has 3 aromatic rings. The molecule has 1 aromatic carbocycles. The van der Waals surface area contributed by atoms with Crippen molar-refractivity contribution < 1.29 is 27.4 Å². The lowest BCUT2D eigenvalue weighted by Crippen LogP contribution is -2.52. The number of rotatable bonds is 7. The number of alkyl halides is 3. The van der Waals surface area contributed by atoms with Crippen LogP contribution in [0.25, 0.3) is 20.5 Å². The minimum absolute atomic E-state index is 0.102. The number of nitrogens with zero attached hydrogens (tertiary/aromatic N) is 1. The summed E-state index contributed by atoms with van der Waals surface area (Å²) >= 11 is 1.57. The minimum atomic E-state index is -4.59. The van der Waals surface area contributed by atoms with Crippen molar-refractivity contribution in [1.29, 1.82) is 0 Å². The molecule has 8 heteroatoms. The first kappa shape index (κ1) is 26.5. The number of carbonyl (C=O) groups excluding carboxylic acids is 1. The van der Waals surface area contributed by atoms with Crippen molar-refractivity contribution >= 4 is 27.4 Å². The van der Waals surface area contributed by atoms with E-state index in [2.05, 4.69) is 26.0 Å². The molecule has 3 unspecified atom stereocenters. The quantitative estimate of drug-likeness (QED) is 0.299. The Labute approximate surface area is 213 Å². The maximum absolute atomic E-state index is 14.3. The third-order valence-electron chi connectivity index (χ3n) is 7.13. The molecule has 3 atom stereocenters. The summed E-state index contributed by atoms with van der Waals surface area (Å²) in [6.45, 7) is 8.48. The van der Waals surface area contributed by atoms with Gasteiger partial charge in [0.15, 0.2) is 0 Å². The summed E-state index contributed by atoms with van der Waals surface area (Å²) in [5.41, 5.74) is 0.865. The average molecular weight is 520 g/mol. The van der Waals surface area contributed by atoms with E-state index in [1.54, 1.807) is 37.3 Å². The fraction of sp³-hybridized carbons (Fsp3) is 0.500. The summed E-state index contributed by atoms with van der Waals surface area (Å²) in [7, 11) is 0. The number of benzene rings is 1. The Bertz CT molecular complexity index is 1250. The van der Waals surface area contributed by atoms with Crippen LogP contribution in [0, 0.1) is 11.3 Å². The minimum Gasteiger partial charge on any atom is -0.489 e. The number of aromatic nitrogens is 1. The summed E-state index contributed by atoms with van der Waals surface area (Å²) in [6, 6.07) is 11.6. The van der Waals surface area contributed by atoms with Crippen molar-refractivity contribution in [3.05, 3.63) is 47.8 Å². The molecule has 0 radical (unpaired) electrons. The van der Waals surface area contributed by atoms with Crippen LogP contribution in [0.2, 0.25) is 0 Å². The van der Waals surface area contributed by atoms with Crippen LogP contribution in [0.1, 0.15) is 58.8 Å². The van der Waals surface area contributed by atoms with Crippen LogP contribution in [0.5, 0.6) is 5.75 Å². The molecule has 1 fully saturated rings. The molecule has 0 spiro atoms. The van der Waals surface area contributed by atoms with Crippen LogP contribution in [0.3, 0.4) is 0 Å². The van der Waals surface area contributed by atoms with Gasteiger partial charge in [-0.1, -0.05) is 27.7 Å². The zero-order valence-electron chi connectivity index (χ0n) is 21.2. The van der Waals surface area contributed by atoms with Gasteiger partial charge in [0.1, 0.15) is 23.4 Å². The number of hydrogen-bond acceptors (Lipinski definition) is 5. The highest BCUT2D eigenvalue weighted by molar-refractivity contribution is 7.22. The SMILES string of the molecule is CCc1ccc(-c2cc3ccc(OC4CCC(OC(=O)C(C)C)C4(C)C(F)(F)F)cc3s2)c(CC)n1. The highest BCUT2D eigenvalue weighted by Crippen LogP contribution is 2.53. The van der Waals surface area contributed by atoms with Gasteiger partial charge in [0, 0.05) is 26.5 Å². The van der Waals surface area contributed by atoms with E-state index < -0.39 is 35.7 Å². The van der Waals surface area contributed by atoms with E-state index in [0.29, 0.717) is 5.75 Å². The third kappa shape index (κ3) is 4.84. The Morgan fingerprint density at radius 3 is 2.47 bits per heavy atom. The second kappa shape index (κ2) is 10.0. The smallest absolute Gasteiger partial charge is 0.401 e. The molecule has 1 saturated carbocycles. The molecule has 194 valence electrons. The normalized spacial score (nSPS) is 22.4. The van der Waals surface area contributed by atoms with Crippen LogP contribution in [-0.4, -0.2) is 29.3 Å². The molecule has 0 saturated heterocycles. The predicted molar refractivity (Wildman–Crippen MR) is 136 cm³/mol. The van der Waals surface area contributed by atoms with E-state index >= 15 is 0 Å². The van der Waals surface area contributed by atoms with Crippen molar-refractivity contribution in [3.8, 4) is 16.2 Å². The second-order valence-corrected chi connectivity index (χ2v) is 10.9. The van der Waals surface area contributed by atoms with Gasteiger partial charge in [-0.05, 0) is 74.4 Å². The fourth-order valence-corrected chi connectivity index (χ4v) is 5.87. The largest absolute Gasteiger partial charge is 0.489 e. The van der Waals surface area contributed by atoms with E-state index in [-0.39, 0.29) is 12.8 Å². The number of carbonyl (C=O) groups is 1. The first-order valence-corrected chi connectivity index (χ1v) is 13.3. The maximum Gasteiger partial charge on any atom is 0.401 e. The molecule has 2 heterocycles. The molecule has 36 heavy (non-hydrogen) atoms. The number of aryl methyl sites for hydroxylation is 2.